The van der Waals surface area contributed by atoms with Crippen molar-refractivity contribution in [1.29, 1.82) is 0 Å². The minimum Gasteiger partial charge on any atom is -0.497 e. The zero-order chi connectivity index (χ0) is 14.1. The number of Topliss-reactive ketones (excluding diaryl/α,β-unsaturated/α-hetero) is 1. The SMILES string of the molecule is COc1ccc2c(c1)C(=O)C[C@@H](c1ccccc1F)O2. The van der Waals surface area contributed by atoms with Crippen LogP contribution < -0.4 is 9.47 Å². The van der Waals surface area contributed by atoms with E-state index in [-0.39, 0.29) is 18.0 Å². The first-order valence-electron chi connectivity index (χ1n) is 6.31. The molecule has 3 nitrogen and oxygen atoms in total. The number of rotatable bonds is 2. The lowest BCUT2D eigenvalue weighted by Crippen LogP contribution is -2.21. The third-order valence-corrected chi connectivity index (χ3v) is 3.38. The van der Waals surface area contributed by atoms with E-state index in [1.807, 2.05) is 0 Å². The fraction of sp³-hybridized carbons (Fsp3) is 0.188. The topological polar surface area (TPSA) is 35.5 Å². The largest absolute Gasteiger partial charge is 0.497 e. The van der Waals surface area contributed by atoms with Gasteiger partial charge in [0.15, 0.2) is 5.78 Å². The zero-order valence-corrected chi connectivity index (χ0v) is 10.9. The average Bonchev–Trinajstić information content (AvgIpc) is 2.47. The molecule has 0 N–H and O–H groups in total. The van der Waals surface area contributed by atoms with Crippen LogP contribution in [0, 0.1) is 5.82 Å². The van der Waals surface area contributed by atoms with Gasteiger partial charge in [-0.25, -0.2) is 4.39 Å². The number of fused-ring (bicyclic) bond motifs is 1. The molecule has 0 spiro atoms. The van der Waals surface area contributed by atoms with Crippen LogP contribution in [0.2, 0.25) is 0 Å². The summed E-state index contributed by atoms with van der Waals surface area (Å²) in [6.45, 7) is 0. The van der Waals surface area contributed by atoms with Crippen LogP contribution in [0.1, 0.15) is 28.4 Å². The number of hydrogen-bond donors (Lipinski definition) is 0. The van der Waals surface area contributed by atoms with Gasteiger partial charge in [0.25, 0.3) is 0 Å². The van der Waals surface area contributed by atoms with E-state index < -0.39 is 6.10 Å². The molecule has 20 heavy (non-hydrogen) atoms. The monoisotopic (exact) mass is 272 g/mol. The Morgan fingerprint density at radius 2 is 2.05 bits per heavy atom. The van der Waals surface area contributed by atoms with Gasteiger partial charge in [0.1, 0.15) is 23.4 Å². The number of ketones is 1. The van der Waals surface area contributed by atoms with E-state index in [0.717, 1.165) is 0 Å². The van der Waals surface area contributed by atoms with E-state index in [9.17, 15) is 9.18 Å². The van der Waals surface area contributed by atoms with Gasteiger partial charge in [-0.3, -0.25) is 4.79 Å². The van der Waals surface area contributed by atoms with Crippen molar-refractivity contribution in [3.8, 4) is 11.5 Å². The normalized spacial score (nSPS) is 17.3. The fourth-order valence-corrected chi connectivity index (χ4v) is 2.34. The molecule has 4 heteroatoms. The zero-order valence-electron chi connectivity index (χ0n) is 10.9. The van der Waals surface area contributed by atoms with E-state index in [1.165, 1.54) is 13.2 Å². The Kier molecular flexibility index (Phi) is 3.14. The Morgan fingerprint density at radius 1 is 1.25 bits per heavy atom. The number of carbonyl (C=O) groups is 1. The van der Waals surface area contributed by atoms with Crippen LogP contribution in [0.4, 0.5) is 4.39 Å². The molecule has 1 atom stereocenters. The van der Waals surface area contributed by atoms with E-state index in [0.29, 0.717) is 22.6 Å². The maximum atomic E-state index is 13.8. The lowest BCUT2D eigenvalue weighted by atomic mass is 9.96. The first-order valence-corrected chi connectivity index (χ1v) is 6.31. The first-order chi connectivity index (χ1) is 9.69. The Balaban J connectivity index is 1.97. The Labute approximate surface area is 115 Å². The molecule has 0 radical (unpaired) electrons. The van der Waals surface area contributed by atoms with E-state index in [1.54, 1.807) is 36.4 Å². The van der Waals surface area contributed by atoms with Gasteiger partial charge < -0.3 is 9.47 Å². The Hall–Kier alpha value is -2.36. The Bertz CT molecular complexity index is 667. The van der Waals surface area contributed by atoms with Crippen molar-refractivity contribution in [2.24, 2.45) is 0 Å². The van der Waals surface area contributed by atoms with Gasteiger partial charge in [0.2, 0.25) is 0 Å². The highest BCUT2D eigenvalue weighted by Crippen LogP contribution is 2.37. The van der Waals surface area contributed by atoms with Crippen molar-refractivity contribution in [3.05, 3.63) is 59.4 Å². The third-order valence-electron chi connectivity index (χ3n) is 3.38. The van der Waals surface area contributed by atoms with Gasteiger partial charge in [0, 0.05) is 5.56 Å². The molecule has 1 aliphatic rings. The van der Waals surface area contributed by atoms with Crippen molar-refractivity contribution < 1.29 is 18.7 Å². The second-order valence-electron chi connectivity index (χ2n) is 4.62. The molecule has 0 aromatic heterocycles. The van der Waals surface area contributed by atoms with Crippen molar-refractivity contribution in [2.75, 3.05) is 7.11 Å². The Morgan fingerprint density at radius 3 is 2.80 bits per heavy atom. The standard InChI is InChI=1S/C16H13FO3/c1-19-10-6-7-15-12(8-10)14(18)9-16(20-15)11-4-2-3-5-13(11)17/h2-8,16H,9H2,1H3/t16-/m0/s1. The molecule has 0 aliphatic carbocycles. The van der Waals surface area contributed by atoms with Gasteiger partial charge in [0.05, 0.1) is 19.1 Å². The third kappa shape index (κ3) is 2.13. The predicted octanol–water partition coefficient (Wildman–Crippen LogP) is 3.54. The molecule has 2 aromatic carbocycles. The summed E-state index contributed by atoms with van der Waals surface area (Å²) in [6, 6.07) is 11.4. The summed E-state index contributed by atoms with van der Waals surface area (Å²) in [5.41, 5.74) is 0.888. The highest BCUT2D eigenvalue weighted by Gasteiger charge is 2.29. The van der Waals surface area contributed by atoms with Gasteiger partial charge in [-0.05, 0) is 24.3 Å². The van der Waals surface area contributed by atoms with Gasteiger partial charge in [-0.15, -0.1) is 0 Å². The van der Waals surface area contributed by atoms with Crippen LogP contribution in [0.25, 0.3) is 0 Å². The minimum atomic E-state index is -0.579. The van der Waals surface area contributed by atoms with Crippen LogP contribution in [-0.4, -0.2) is 12.9 Å². The van der Waals surface area contributed by atoms with Crippen LogP contribution in [0.3, 0.4) is 0 Å². The quantitative estimate of drug-likeness (QED) is 0.838. The maximum absolute atomic E-state index is 13.8. The molecule has 102 valence electrons. The van der Waals surface area contributed by atoms with Crippen LogP contribution in [0.5, 0.6) is 11.5 Å². The van der Waals surface area contributed by atoms with Crippen molar-refractivity contribution >= 4 is 5.78 Å². The van der Waals surface area contributed by atoms with Crippen LogP contribution >= 0.6 is 0 Å². The highest BCUT2D eigenvalue weighted by molar-refractivity contribution is 6.00. The average molecular weight is 272 g/mol. The number of methoxy groups -OCH3 is 1. The van der Waals surface area contributed by atoms with Crippen molar-refractivity contribution in [2.45, 2.75) is 12.5 Å². The molecule has 1 heterocycles. The minimum absolute atomic E-state index is 0.0709. The van der Waals surface area contributed by atoms with Gasteiger partial charge in [-0.2, -0.15) is 0 Å². The second kappa shape index (κ2) is 4.96. The lowest BCUT2D eigenvalue weighted by molar-refractivity contribution is 0.0845. The smallest absolute Gasteiger partial charge is 0.170 e. The summed E-state index contributed by atoms with van der Waals surface area (Å²) in [5, 5.41) is 0. The lowest BCUT2D eigenvalue weighted by Gasteiger charge is -2.26. The molecular formula is C16H13FO3. The molecule has 2 aromatic rings. The molecule has 1 aliphatic heterocycles. The molecule has 0 fully saturated rings. The second-order valence-corrected chi connectivity index (χ2v) is 4.62. The van der Waals surface area contributed by atoms with E-state index in [2.05, 4.69) is 0 Å². The number of carbonyl (C=O) groups excluding carboxylic acids is 1. The number of hydrogen-bond acceptors (Lipinski definition) is 3. The maximum Gasteiger partial charge on any atom is 0.170 e. The molecule has 0 saturated heterocycles. The predicted molar refractivity (Wildman–Crippen MR) is 71.7 cm³/mol. The highest BCUT2D eigenvalue weighted by atomic mass is 19.1. The van der Waals surface area contributed by atoms with Crippen LogP contribution in [-0.2, 0) is 0 Å². The van der Waals surface area contributed by atoms with Crippen molar-refractivity contribution in [3.63, 3.8) is 0 Å². The molecule has 0 bridgehead atoms. The number of ether oxygens (including phenoxy) is 2. The number of halogens is 1. The summed E-state index contributed by atoms with van der Waals surface area (Å²) in [4.78, 5) is 12.2. The van der Waals surface area contributed by atoms with Crippen molar-refractivity contribution in [1.82, 2.24) is 0 Å². The summed E-state index contributed by atoms with van der Waals surface area (Å²) >= 11 is 0. The molecule has 0 saturated carbocycles. The summed E-state index contributed by atoms with van der Waals surface area (Å²) in [6.07, 6.45) is -0.453. The van der Waals surface area contributed by atoms with E-state index in [4.69, 9.17) is 9.47 Å². The van der Waals surface area contributed by atoms with Gasteiger partial charge in [-0.1, -0.05) is 18.2 Å². The fourth-order valence-electron chi connectivity index (χ4n) is 2.34. The van der Waals surface area contributed by atoms with Gasteiger partial charge >= 0.3 is 0 Å². The summed E-state index contributed by atoms with van der Waals surface area (Å²) < 4.78 is 24.6. The molecular weight excluding hydrogens is 259 g/mol. The summed E-state index contributed by atoms with van der Waals surface area (Å²) in [5.74, 6) is 0.640. The van der Waals surface area contributed by atoms with Crippen LogP contribution in [0.15, 0.2) is 42.5 Å². The van der Waals surface area contributed by atoms with E-state index >= 15 is 0 Å². The summed E-state index contributed by atoms with van der Waals surface area (Å²) in [7, 11) is 1.54. The molecule has 3 rings (SSSR count). The molecule has 0 amide bonds. The first kappa shape index (κ1) is 12.7. The number of benzene rings is 2. The molecule has 0 unspecified atom stereocenters.